The van der Waals surface area contributed by atoms with Crippen LogP contribution in [0.2, 0.25) is 0 Å². The molecule has 1 aliphatic heterocycles. The lowest BCUT2D eigenvalue weighted by atomic mass is 9.97. The fraction of sp³-hybridized carbons (Fsp3) is 0.471. The molecule has 0 spiro atoms. The van der Waals surface area contributed by atoms with Crippen LogP contribution in [0.5, 0.6) is 5.75 Å². The van der Waals surface area contributed by atoms with Gasteiger partial charge in [0.05, 0.1) is 12.2 Å². The van der Waals surface area contributed by atoms with E-state index >= 15 is 0 Å². The molecule has 148 valence electrons. The second kappa shape index (κ2) is 6.52. The molecular weight excluding hydrogens is 385 g/mol. The van der Waals surface area contributed by atoms with E-state index < -0.39 is 27.0 Å². The van der Waals surface area contributed by atoms with E-state index in [1.807, 2.05) is 20.8 Å². The lowest BCUT2D eigenvalue weighted by molar-refractivity contribution is -0.275. The molecule has 0 amide bonds. The van der Waals surface area contributed by atoms with Crippen LogP contribution < -0.4 is 4.74 Å². The van der Waals surface area contributed by atoms with E-state index in [1.165, 1.54) is 12.1 Å². The predicted octanol–water partition coefficient (Wildman–Crippen LogP) is 3.62. The van der Waals surface area contributed by atoms with Crippen molar-refractivity contribution in [1.29, 1.82) is 0 Å². The SMILES string of the molecule is CC(C)(C)c1nc2c(o1)CCN(S(=O)(=O)c1ccccc1OC(F)(F)F)C2. The second-order valence-electron chi connectivity index (χ2n) is 7.22. The summed E-state index contributed by atoms with van der Waals surface area (Å²) < 4.78 is 74.4. The number of para-hydroxylation sites is 1. The first kappa shape index (κ1) is 19.7. The third kappa shape index (κ3) is 4.11. The largest absolute Gasteiger partial charge is 0.573 e. The number of ether oxygens (including phenoxy) is 1. The maximum Gasteiger partial charge on any atom is 0.573 e. The monoisotopic (exact) mass is 404 g/mol. The molecule has 0 bridgehead atoms. The maximum absolute atomic E-state index is 12.9. The second-order valence-corrected chi connectivity index (χ2v) is 9.13. The van der Waals surface area contributed by atoms with Crippen LogP contribution in [0, 0.1) is 0 Å². The summed E-state index contributed by atoms with van der Waals surface area (Å²) in [5.74, 6) is 0.338. The van der Waals surface area contributed by atoms with Crippen LogP contribution in [0.25, 0.3) is 0 Å². The molecule has 1 aromatic heterocycles. The summed E-state index contributed by atoms with van der Waals surface area (Å²) >= 11 is 0. The van der Waals surface area contributed by atoms with Gasteiger partial charge in [0.25, 0.3) is 0 Å². The molecule has 0 radical (unpaired) electrons. The van der Waals surface area contributed by atoms with Crippen molar-refractivity contribution in [3.05, 3.63) is 41.6 Å². The molecule has 2 heterocycles. The number of benzene rings is 1. The van der Waals surface area contributed by atoms with Gasteiger partial charge in [-0.15, -0.1) is 13.2 Å². The van der Waals surface area contributed by atoms with Crippen molar-refractivity contribution in [2.24, 2.45) is 0 Å². The Hall–Kier alpha value is -2.07. The molecule has 10 heteroatoms. The fourth-order valence-electron chi connectivity index (χ4n) is 2.71. The summed E-state index contributed by atoms with van der Waals surface area (Å²) in [6.07, 6.45) is -4.70. The van der Waals surface area contributed by atoms with Gasteiger partial charge in [-0.1, -0.05) is 32.9 Å². The van der Waals surface area contributed by atoms with Crippen LogP contribution in [0.1, 0.15) is 38.1 Å². The minimum Gasteiger partial charge on any atom is -0.445 e. The molecule has 0 fully saturated rings. The van der Waals surface area contributed by atoms with Gasteiger partial charge in [-0.05, 0) is 12.1 Å². The van der Waals surface area contributed by atoms with Crippen LogP contribution in [-0.4, -0.2) is 30.6 Å². The standard InChI is InChI=1S/C17H19F3N2O4S/c1-16(2,3)15-21-11-10-22(9-8-12(11)25-15)27(23,24)14-7-5-4-6-13(14)26-17(18,19)20/h4-7H,8-10H2,1-3H3. The fourth-order valence-corrected chi connectivity index (χ4v) is 4.23. The molecular formula is C17H19F3N2O4S. The van der Waals surface area contributed by atoms with Crippen LogP contribution in [0.15, 0.2) is 33.6 Å². The average Bonchev–Trinajstić information content (AvgIpc) is 2.97. The van der Waals surface area contributed by atoms with Crippen LogP contribution in [0.4, 0.5) is 13.2 Å². The molecule has 1 aromatic carbocycles. The minimum absolute atomic E-state index is 0.0718. The molecule has 0 saturated carbocycles. The lowest BCUT2D eigenvalue weighted by Gasteiger charge is -2.25. The number of alkyl halides is 3. The number of nitrogens with zero attached hydrogens (tertiary/aromatic N) is 2. The topological polar surface area (TPSA) is 72.6 Å². The van der Waals surface area contributed by atoms with Gasteiger partial charge in [0.15, 0.2) is 5.89 Å². The molecule has 27 heavy (non-hydrogen) atoms. The highest BCUT2D eigenvalue weighted by molar-refractivity contribution is 7.89. The third-order valence-electron chi connectivity index (χ3n) is 4.03. The van der Waals surface area contributed by atoms with Gasteiger partial charge >= 0.3 is 6.36 Å². The molecule has 1 aliphatic rings. The van der Waals surface area contributed by atoms with Crippen molar-refractivity contribution in [2.45, 2.75) is 50.4 Å². The first-order chi connectivity index (χ1) is 12.4. The summed E-state index contributed by atoms with van der Waals surface area (Å²) in [4.78, 5) is 3.84. The van der Waals surface area contributed by atoms with Gasteiger partial charge in [-0.3, -0.25) is 0 Å². The van der Waals surface area contributed by atoms with E-state index in [1.54, 1.807) is 0 Å². The molecule has 0 atom stereocenters. The van der Waals surface area contributed by atoms with Crippen molar-refractivity contribution in [3.8, 4) is 5.75 Å². The Labute approximate surface area is 155 Å². The number of aromatic nitrogens is 1. The summed E-state index contributed by atoms with van der Waals surface area (Å²) in [6.45, 7) is 5.77. The average molecular weight is 404 g/mol. The van der Waals surface area contributed by atoms with Gasteiger partial charge in [0, 0.05) is 18.4 Å². The van der Waals surface area contributed by atoms with E-state index in [-0.39, 0.29) is 18.5 Å². The molecule has 0 unspecified atom stereocenters. The van der Waals surface area contributed by atoms with Crippen molar-refractivity contribution >= 4 is 10.0 Å². The highest BCUT2D eigenvalue weighted by Crippen LogP contribution is 2.34. The van der Waals surface area contributed by atoms with Gasteiger partial charge in [-0.2, -0.15) is 4.31 Å². The summed E-state index contributed by atoms with van der Waals surface area (Å²) in [7, 11) is -4.21. The Morgan fingerprint density at radius 1 is 1.19 bits per heavy atom. The Kier molecular flexibility index (Phi) is 4.75. The predicted molar refractivity (Wildman–Crippen MR) is 89.6 cm³/mol. The van der Waals surface area contributed by atoms with E-state index in [0.717, 1.165) is 16.4 Å². The Morgan fingerprint density at radius 2 is 1.85 bits per heavy atom. The summed E-state index contributed by atoms with van der Waals surface area (Å²) in [6, 6.07) is 4.69. The Morgan fingerprint density at radius 3 is 2.48 bits per heavy atom. The number of oxazole rings is 1. The van der Waals surface area contributed by atoms with Gasteiger partial charge in [0.1, 0.15) is 16.4 Å². The zero-order chi connectivity index (χ0) is 20.0. The van der Waals surface area contributed by atoms with Crippen LogP contribution in [-0.2, 0) is 28.4 Å². The van der Waals surface area contributed by atoms with E-state index in [2.05, 4.69) is 9.72 Å². The zero-order valence-electron chi connectivity index (χ0n) is 15.0. The van der Waals surface area contributed by atoms with E-state index in [0.29, 0.717) is 23.8 Å². The highest BCUT2D eigenvalue weighted by Gasteiger charge is 2.37. The quantitative estimate of drug-likeness (QED) is 0.781. The Balaban J connectivity index is 1.93. The number of halogens is 3. The number of fused-ring (bicyclic) bond motifs is 1. The number of rotatable bonds is 3. The van der Waals surface area contributed by atoms with E-state index in [9.17, 15) is 21.6 Å². The van der Waals surface area contributed by atoms with Crippen molar-refractivity contribution < 1.29 is 30.7 Å². The Bertz CT molecular complexity index is 946. The highest BCUT2D eigenvalue weighted by atomic mass is 32.2. The molecule has 3 rings (SSSR count). The summed E-state index contributed by atoms with van der Waals surface area (Å²) in [5.41, 5.74) is 0.137. The normalized spacial score (nSPS) is 16.2. The van der Waals surface area contributed by atoms with E-state index in [4.69, 9.17) is 4.42 Å². The smallest absolute Gasteiger partial charge is 0.445 e. The molecule has 2 aromatic rings. The first-order valence-corrected chi connectivity index (χ1v) is 9.66. The number of hydrogen-bond donors (Lipinski definition) is 0. The molecule has 0 saturated heterocycles. The number of sulfonamides is 1. The molecule has 0 N–H and O–H groups in total. The maximum atomic E-state index is 12.9. The summed E-state index contributed by atoms with van der Waals surface area (Å²) in [5, 5.41) is 0. The molecule has 0 aliphatic carbocycles. The van der Waals surface area contributed by atoms with Crippen molar-refractivity contribution in [2.75, 3.05) is 6.54 Å². The lowest BCUT2D eigenvalue weighted by Crippen LogP contribution is -2.36. The third-order valence-corrected chi connectivity index (χ3v) is 5.91. The van der Waals surface area contributed by atoms with Gasteiger partial charge < -0.3 is 9.15 Å². The van der Waals surface area contributed by atoms with Crippen molar-refractivity contribution in [3.63, 3.8) is 0 Å². The van der Waals surface area contributed by atoms with Crippen LogP contribution in [0.3, 0.4) is 0 Å². The van der Waals surface area contributed by atoms with Crippen LogP contribution >= 0.6 is 0 Å². The molecule has 6 nitrogen and oxygen atoms in total. The van der Waals surface area contributed by atoms with Gasteiger partial charge in [0.2, 0.25) is 10.0 Å². The van der Waals surface area contributed by atoms with Gasteiger partial charge in [-0.25, -0.2) is 13.4 Å². The van der Waals surface area contributed by atoms with Crippen molar-refractivity contribution in [1.82, 2.24) is 9.29 Å². The first-order valence-electron chi connectivity index (χ1n) is 8.22. The minimum atomic E-state index is -4.99. The number of hydrogen-bond acceptors (Lipinski definition) is 5. The zero-order valence-corrected chi connectivity index (χ0v) is 15.8.